The highest BCUT2D eigenvalue weighted by Gasteiger charge is 2.35. The Morgan fingerprint density at radius 2 is 1.74 bits per heavy atom. The number of hydrogen-bond acceptors (Lipinski definition) is 1. The fraction of sp³-hybridized carbons (Fsp3) is 0.625. The van der Waals surface area contributed by atoms with E-state index in [1.54, 1.807) is 12.1 Å². The third kappa shape index (κ3) is 3.66. The zero-order chi connectivity index (χ0) is 13.9. The normalized spacial score (nSPS) is 18.7. The van der Waals surface area contributed by atoms with Crippen LogP contribution in [0.5, 0.6) is 0 Å². The molecule has 0 amide bonds. The molecule has 0 radical (unpaired) electrons. The summed E-state index contributed by atoms with van der Waals surface area (Å²) in [7, 11) is -1.35. The summed E-state index contributed by atoms with van der Waals surface area (Å²) < 4.78 is 13.0. The minimum atomic E-state index is -1.35. The van der Waals surface area contributed by atoms with Crippen LogP contribution in [-0.4, -0.2) is 31.7 Å². The first-order valence-electron chi connectivity index (χ1n) is 7.51. The molecule has 1 fully saturated rings. The topological polar surface area (TPSA) is 3.24 Å². The second-order valence-electron chi connectivity index (χ2n) is 6.46. The van der Waals surface area contributed by atoms with Crippen molar-refractivity contribution in [2.45, 2.75) is 51.0 Å². The Morgan fingerprint density at radius 1 is 1.16 bits per heavy atom. The SMILES string of the molecule is CCC(N1CCCC1)[Si](C)(C)Cc1ccc(F)cc1. The number of halogens is 1. The monoisotopic (exact) mass is 279 g/mol. The van der Waals surface area contributed by atoms with Crippen molar-refractivity contribution in [1.29, 1.82) is 0 Å². The molecule has 1 nitrogen and oxygen atoms in total. The molecule has 0 spiro atoms. The first-order chi connectivity index (χ1) is 9.03. The van der Waals surface area contributed by atoms with Crippen molar-refractivity contribution in [1.82, 2.24) is 4.90 Å². The summed E-state index contributed by atoms with van der Waals surface area (Å²) in [6.45, 7) is 9.85. The van der Waals surface area contributed by atoms with Crippen LogP contribution < -0.4 is 0 Å². The van der Waals surface area contributed by atoms with Gasteiger partial charge in [-0.15, -0.1) is 0 Å². The molecule has 1 aromatic rings. The van der Waals surface area contributed by atoms with Gasteiger partial charge in [0.25, 0.3) is 0 Å². The lowest BCUT2D eigenvalue weighted by atomic mass is 10.2. The first-order valence-corrected chi connectivity index (χ1v) is 10.8. The zero-order valence-electron chi connectivity index (χ0n) is 12.5. The highest BCUT2D eigenvalue weighted by Crippen LogP contribution is 2.25. The van der Waals surface area contributed by atoms with Gasteiger partial charge >= 0.3 is 0 Å². The van der Waals surface area contributed by atoms with E-state index in [-0.39, 0.29) is 5.82 Å². The summed E-state index contributed by atoms with van der Waals surface area (Å²) in [4.78, 5) is 2.70. The van der Waals surface area contributed by atoms with Crippen molar-refractivity contribution in [2.24, 2.45) is 0 Å². The van der Waals surface area contributed by atoms with Crippen molar-refractivity contribution in [2.75, 3.05) is 13.1 Å². The second-order valence-corrected chi connectivity index (χ2v) is 11.5. The molecule has 3 heteroatoms. The van der Waals surface area contributed by atoms with Crippen LogP contribution in [0.15, 0.2) is 24.3 Å². The Bertz CT molecular complexity index is 396. The van der Waals surface area contributed by atoms with E-state index in [0.29, 0.717) is 0 Å². The van der Waals surface area contributed by atoms with Gasteiger partial charge in [0.2, 0.25) is 0 Å². The molecule has 1 unspecified atom stereocenters. The molecular weight excluding hydrogens is 253 g/mol. The van der Waals surface area contributed by atoms with Crippen LogP contribution in [0.1, 0.15) is 31.7 Å². The molecule has 0 aliphatic carbocycles. The molecule has 0 N–H and O–H groups in total. The lowest BCUT2D eigenvalue weighted by molar-refractivity contribution is 0.294. The summed E-state index contributed by atoms with van der Waals surface area (Å²) in [6.07, 6.45) is 3.97. The standard InChI is InChI=1S/C16H26FNSi/c1-4-16(18-11-5-6-12-18)19(2,3)13-14-7-9-15(17)10-8-14/h7-10,16H,4-6,11-13H2,1-3H3. The summed E-state index contributed by atoms with van der Waals surface area (Å²) >= 11 is 0. The molecular formula is C16H26FNSi. The smallest absolute Gasteiger partial charge is 0.123 e. The van der Waals surface area contributed by atoms with E-state index in [1.807, 2.05) is 12.1 Å². The fourth-order valence-electron chi connectivity index (χ4n) is 3.60. The molecule has 1 atom stereocenters. The van der Waals surface area contributed by atoms with Crippen molar-refractivity contribution < 1.29 is 4.39 Å². The van der Waals surface area contributed by atoms with Crippen LogP contribution in [0.3, 0.4) is 0 Å². The average Bonchev–Trinajstić information content (AvgIpc) is 2.86. The summed E-state index contributed by atoms with van der Waals surface area (Å²) in [6, 6.07) is 8.26. The van der Waals surface area contributed by atoms with Gasteiger partial charge in [0.15, 0.2) is 0 Å². The van der Waals surface area contributed by atoms with E-state index >= 15 is 0 Å². The Balaban J connectivity index is 2.08. The third-order valence-corrected chi connectivity index (χ3v) is 8.34. The Morgan fingerprint density at radius 3 is 2.26 bits per heavy atom. The zero-order valence-corrected chi connectivity index (χ0v) is 13.5. The fourth-order valence-corrected chi connectivity index (χ4v) is 7.48. The highest BCUT2D eigenvalue weighted by molar-refractivity contribution is 6.78. The van der Waals surface area contributed by atoms with E-state index < -0.39 is 8.07 Å². The summed E-state index contributed by atoms with van der Waals surface area (Å²) in [5, 5.41) is 0. The molecule has 0 aromatic heterocycles. The third-order valence-electron chi connectivity index (χ3n) is 4.44. The molecule has 1 heterocycles. The van der Waals surface area contributed by atoms with E-state index in [0.717, 1.165) is 11.7 Å². The van der Waals surface area contributed by atoms with E-state index in [4.69, 9.17) is 0 Å². The molecule has 2 rings (SSSR count). The number of rotatable bonds is 5. The number of benzene rings is 1. The van der Waals surface area contributed by atoms with E-state index in [1.165, 1.54) is 37.9 Å². The van der Waals surface area contributed by atoms with Gasteiger partial charge in [-0.1, -0.05) is 37.7 Å². The molecule has 19 heavy (non-hydrogen) atoms. The lowest BCUT2D eigenvalue weighted by Gasteiger charge is -2.38. The Labute approximate surface area is 117 Å². The molecule has 1 saturated heterocycles. The molecule has 1 aliphatic rings. The van der Waals surface area contributed by atoms with E-state index in [2.05, 4.69) is 24.9 Å². The van der Waals surface area contributed by atoms with Crippen LogP contribution in [0.25, 0.3) is 0 Å². The average molecular weight is 279 g/mol. The molecule has 0 bridgehead atoms. The summed E-state index contributed by atoms with van der Waals surface area (Å²) in [5.41, 5.74) is 2.07. The molecule has 1 aliphatic heterocycles. The quantitative estimate of drug-likeness (QED) is 0.736. The van der Waals surface area contributed by atoms with Gasteiger partial charge in [-0.25, -0.2) is 4.39 Å². The van der Waals surface area contributed by atoms with Crippen LogP contribution >= 0.6 is 0 Å². The highest BCUT2D eigenvalue weighted by atomic mass is 28.3. The molecule has 106 valence electrons. The van der Waals surface area contributed by atoms with Crippen molar-refractivity contribution >= 4 is 8.07 Å². The maximum absolute atomic E-state index is 13.0. The van der Waals surface area contributed by atoms with Gasteiger partial charge < -0.3 is 4.90 Å². The maximum Gasteiger partial charge on any atom is 0.123 e. The second kappa shape index (κ2) is 6.19. The van der Waals surface area contributed by atoms with Gasteiger partial charge in [0, 0.05) is 5.67 Å². The van der Waals surface area contributed by atoms with Crippen molar-refractivity contribution in [3.05, 3.63) is 35.6 Å². The minimum Gasteiger partial charge on any atom is -0.303 e. The van der Waals surface area contributed by atoms with Gasteiger partial charge in [-0.2, -0.15) is 0 Å². The first kappa shape index (κ1) is 14.7. The van der Waals surface area contributed by atoms with Crippen LogP contribution in [-0.2, 0) is 6.04 Å². The largest absolute Gasteiger partial charge is 0.303 e. The number of likely N-dealkylation sites (tertiary alicyclic amines) is 1. The lowest BCUT2D eigenvalue weighted by Crippen LogP contribution is -2.53. The van der Waals surface area contributed by atoms with Crippen molar-refractivity contribution in [3.8, 4) is 0 Å². The van der Waals surface area contributed by atoms with Gasteiger partial charge in [0.1, 0.15) is 5.82 Å². The predicted molar refractivity (Wildman–Crippen MR) is 82.5 cm³/mol. The number of hydrogen-bond donors (Lipinski definition) is 0. The van der Waals surface area contributed by atoms with Gasteiger partial charge in [-0.05, 0) is 50.5 Å². The Kier molecular flexibility index (Phi) is 4.80. The Hall–Kier alpha value is -0.673. The maximum atomic E-state index is 13.0. The van der Waals surface area contributed by atoms with Gasteiger partial charge in [0.05, 0.1) is 8.07 Å². The molecule has 1 aromatic carbocycles. The van der Waals surface area contributed by atoms with Crippen molar-refractivity contribution in [3.63, 3.8) is 0 Å². The van der Waals surface area contributed by atoms with Crippen LogP contribution in [0.2, 0.25) is 13.1 Å². The summed E-state index contributed by atoms with van der Waals surface area (Å²) in [5.74, 6) is -0.130. The van der Waals surface area contributed by atoms with Crippen LogP contribution in [0.4, 0.5) is 4.39 Å². The number of nitrogens with zero attached hydrogens (tertiary/aromatic N) is 1. The minimum absolute atomic E-state index is 0.130. The van der Waals surface area contributed by atoms with E-state index in [9.17, 15) is 4.39 Å². The van der Waals surface area contributed by atoms with Crippen LogP contribution in [0, 0.1) is 5.82 Å². The predicted octanol–water partition coefficient (Wildman–Crippen LogP) is 4.03. The van der Waals surface area contributed by atoms with Gasteiger partial charge in [-0.3, -0.25) is 0 Å². The molecule has 0 saturated carbocycles.